The van der Waals surface area contributed by atoms with Crippen molar-refractivity contribution in [1.82, 2.24) is 4.90 Å². The number of aliphatic carboxylic acids is 1. The Morgan fingerprint density at radius 2 is 1.79 bits per heavy atom. The lowest BCUT2D eigenvalue weighted by Crippen LogP contribution is -2.60. The molecule has 4 aliphatic rings. The molecule has 6 rings (SSSR count). The van der Waals surface area contributed by atoms with Crippen LogP contribution in [0.3, 0.4) is 0 Å². The summed E-state index contributed by atoms with van der Waals surface area (Å²) in [7, 11) is 1.66. The van der Waals surface area contributed by atoms with Crippen LogP contribution in [0.5, 0.6) is 11.5 Å². The fourth-order valence-corrected chi connectivity index (χ4v) is 6.62. The first-order valence-corrected chi connectivity index (χ1v) is 14.3. The van der Waals surface area contributed by atoms with Crippen molar-refractivity contribution < 1.29 is 28.2 Å². The van der Waals surface area contributed by atoms with Crippen molar-refractivity contribution in [2.24, 2.45) is 11.8 Å². The number of rotatable bonds is 11. The van der Waals surface area contributed by atoms with Crippen LogP contribution in [-0.4, -0.2) is 61.8 Å². The van der Waals surface area contributed by atoms with Crippen molar-refractivity contribution in [1.29, 1.82) is 0 Å². The molecule has 4 fully saturated rings. The van der Waals surface area contributed by atoms with Gasteiger partial charge in [-0.1, -0.05) is 18.2 Å². The van der Waals surface area contributed by atoms with E-state index >= 15 is 0 Å². The van der Waals surface area contributed by atoms with Gasteiger partial charge in [0.05, 0.1) is 33.2 Å². The van der Waals surface area contributed by atoms with Crippen molar-refractivity contribution in [3.8, 4) is 11.5 Å². The molecule has 2 saturated carbocycles. The Morgan fingerprint density at radius 1 is 1.05 bits per heavy atom. The van der Waals surface area contributed by atoms with E-state index in [4.69, 9.17) is 9.47 Å². The van der Waals surface area contributed by atoms with Crippen LogP contribution < -0.4 is 14.4 Å². The third-order valence-corrected chi connectivity index (χ3v) is 9.19. The summed E-state index contributed by atoms with van der Waals surface area (Å²) in [6, 6.07) is 14.1. The van der Waals surface area contributed by atoms with Crippen LogP contribution in [-0.2, 0) is 10.3 Å². The average Bonchev–Trinajstić information content (AvgIpc) is 3.84. The highest BCUT2D eigenvalue weighted by atomic mass is 19.3. The van der Waals surface area contributed by atoms with Crippen molar-refractivity contribution in [3.63, 3.8) is 0 Å². The van der Waals surface area contributed by atoms with Gasteiger partial charge in [0.15, 0.2) is 0 Å². The predicted octanol–water partition coefficient (Wildman–Crippen LogP) is 5.90. The second-order valence-corrected chi connectivity index (χ2v) is 12.0. The zero-order chi connectivity index (χ0) is 27.2. The maximum absolute atomic E-state index is 13.7. The minimum atomic E-state index is -2.57. The quantitative estimate of drug-likeness (QED) is 0.383. The topological polar surface area (TPSA) is 62.2 Å². The van der Waals surface area contributed by atoms with Gasteiger partial charge >= 0.3 is 5.97 Å². The Labute approximate surface area is 228 Å². The molecule has 0 radical (unpaired) electrons. The Hall–Kier alpha value is -2.87. The number of ether oxygens (including phenoxy) is 2. The van der Waals surface area contributed by atoms with Crippen molar-refractivity contribution >= 4 is 11.7 Å². The summed E-state index contributed by atoms with van der Waals surface area (Å²) in [6.07, 6.45) is 6.16. The number of nitrogens with zero attached hydrogens (tertiary/aromatic N) is 2. The van der Waals surface area contributed by atoms with Gasteiger partial charge in [-0.2, -0.15) is 0 Å². The van der Waals surface area contributed by atoms with Crippen molar-refractivity contribution in [3.05, 3.63) is 53.6 Å². The third-order valence-electron chi connectivity index (χ3n) is 9.19. The summed E-state index contributed by atoms with van der Waals surface area (Å²) in [6.45, 7) is 2.07. The minimum Gasteiger partial charge on any atom is -0.497 e. The number of likely N-dealkylation sites (tertiary alicyclic amines) is 1. The third kappa shape index (κ3) is 5.58. The lowest BCUT2D eigenvalue weighted by molar-refractivity contribution is -0.153. The highest BCUT2D eigenvalue weighted by Gasteiger charge is 2.60. The normalized spacial score (nSPS) is 23.1. The summed E-state index contributed by atoms with van der Waals surface area (Å²) in [5.41, 5.74) is 3.05. The molecule has 2 aliphatic carbocycles. The van der Waals surface area contributed by atoms with Gasteiger partial charge in [-0.15, -0.1) is 0 Å². The fourth-order valence-electron chi connectivity index (χ4n) is 6.62. The first-order chi connectivity index (χ1) is 18.8. The van der Waals surface area contributed by atoms with Gasteiger partial charge in [0.1, 0.15) is 11.5 Å². The molecule has 0 aromatic heterocycles. The molecule has 1 unspecified atom stereocenters. The van der Waals surface area contributed by atoms with E-state index in [1.54, 1.807) is 7.11 Å². The number of methoxy groups -OCH3 is 1. The van der Waals surface area contributed by atoms with Gasteiger partial charge in [-0.25, -0.2) is 8.78 Å². The molecular weight excluding hydrogens is 502 g/mol. The van der Waals surface area contributed by atoms with Gasteiger partial charge in [0.2, 0.25) is 0 Å². The average molecular weight is 541 g/mol. The summed E-state index contributed by atoms with van der Waals surface area (Å²) >= 11 is 0. The number of carboxylic acid groups (broad SMARTS) is 1. The molecule has 2 aliphatic heterocycles. The SMILES string of the molecule is COc1ccc(C2(N3CC(F)(F)C3)CC2)c(N2CCC(COc3cccc(C(CC(=O)O)C4CC4)c3)CC2)c1. The van der Waals surface area contributed by atoms with E-state index in [1.807, 2.05) is 35.2 Å². The lowest BCUT2D eigenvalue weighted by Gasteiger charge is -2.46. The number of halogens is 2. The number of anilines is 1. The number of hydrogen-bond acceptors (Lipinski definition) is 5. The lowest BCUT2D eigenvalue weighted by atomic mass is 9.91. The number of hydrogen-bond donors (Lipinski definition) is 1. The van der Waals surface area contributed by atoms with Crippen LogP contribution in [0.25, 0.3) is 0 Å². The first-order valence-electron chi connectivity index (χ1n) is 14.3. The van der Waals surface area contributed by atoms with Gasteiger partial charge in [-0.3, -0.25) is 9.69 Å². The van der Waals surface area contributed by atoms with Crippen LogP contribution >= 0.6 is 0 Å². The highest BCUT2D eigenvalue weighted by molar-refractivity contribution is 5.68. The van der Waals surface area contributed by atoms with Crippen molar-refractivity contribution in [2.75, 3.05) is 44.8 Å². The van der Waals surface area contributed by atoms with Crippen LogP contribution in [0.4, 0.5) is 14.5 Å². The van der Waals surface area contributed by atoms with Crippen LogP contribution in [0, 0.1) is 11.8 Å². The van der Waals surface area contributed by atoms with Crippen LogP contribution in [0.2, 0.25) is 0 Å². The standard InChI is InChI=1S/C31H38F2N2O4/c1-38-24-7-8-27(30(11-12-30)35-19-31(32,33)20-35)28(16-24)34-13-9-21(10-14-34)18-39-25-4-2-3-23(15-25)26(17-29(36)37)22-5-6-22/h2-4,7-8,15-16,21-22,26H,5-6,9-14,17-20H2,1H3,(H,36,37). The van der Waals surface area contributed by atoms with Crippen LogP contribution in [0.1, 0.15) is 62.0 Å². The van der Waals surface area contributed by atoms with E-state index < -0.39 is 11.9 Å². The summed E-state index contributed by atoms with van der Waals surface area (Å²) in [5, 5.41) is 9.35. The fraction of sp³-hybridized carbons (Fsp3) is 0.581. The number of alkyl halides is 2. The number of carbonyl (C=O) groups is 1. The molecule has 6 nitrogen and oxygen atoms in total. The molecule has 0 spiro atoms. The largest absolute Gasteiger partial charge is 0.497 e. The first kappa shape index (κ1) is 26.4. The number of carboxylic acids is 1. The maximum atomic E-state index is 13.7. The monoisotopic (exact) mass is 540 g/mol. The molecule has 39 heavy (non-hydrogen) atoms. The smallest absolute Gasteiger partial charge is 0.303 e. The van der Waals surface area contributed by atoms with E-state index in [1.165, 1.54) is 0 Å². The summed E-state index contributed by atoms with van der Waals surface area (Å²) in [5.74, 6) is -0.784. The molecule has 8 heteroatoms. The second kappa shape index (κ2) is 10.3. The highest BCUT2D eigenvalue weighted by Crippen LogP contribution is 2.57. The van der Waals surface area contributed by atoms with Gasteiger partial charge in [0, 0.05) is 30.4 Å². The molecule has 2 heterocycles. The molecule has 2 saturated heterocycles. The molecule has 0 amide bonds. The summed E-state index contributed by atoms with van der Waals surface area (Å²) in [4.78, 5) is 15.7. The minimum absolute atomic E-state index is 0.0589. The molecule has 2 aromatic carbocycles. The second-order valence-electron chi connectivity index (χ2n) is 12.0. The molecule has 2 aromatic rings. The molecule has 0 bridgehead atoms. The predicted molar refractivity (Wildman–Crippen MR) is 145 cm³/mol. The Kier molecular flexibility index (Phi) is 6.94. The van der Waals surface area contributed by atoms with E-state index in [0.717, 1.165) is 79.9 Å². The van der Waals surface area contributed by atoms with E-state index in [9.17, 15) is 18.7 Å². The van der Waals surface area contributed by atoms with Crippen molar-refractivity contribution in [2.45, 2.75) is 62.3 Å². The molecular formula is C31H38F2N2O4. The van der Waals surface area contributed by atoms with E-state index in [-0.39, 0.29) is 31.0 Å². The summed E-state index contributed by atoms with van der Waals surface area (Å²) < 4.78 is 39.2. The van der Waals surface area contributed by atoms with E-state index in [0.29, 0.717) is 18.4 Å². The van der Waals surface area contributed by atoms with Gasteiger partial charge < -0.3 is 19.5 Å². The number of benzene rings is 2. The Balaban J connectivity index is 1.09. The molecule has 210 valence electrons. The van der Waals surface area contributed by atoms with Gasteiger partial charge in [-0.05, 0) is 85.6 Å². The Bertz CT molecular complexity index is 1200. The zero-order valence-corrected chi connectivity index (χ0v) is 22.6. The number of piperidine rings is 1. The Morgan fingerprint density at radius 3 is 2.41 bits per heavy atom. The zero-order valence-electron chi connectivity index (χ0n) is 22.6. The van der Waals surface area contributed by atoms with Gasteiger partial charge in [0.25, 0.3) is 5.92 Å². The molecule has 1 N–H and O–H groups in total. The van der Waals surface area contributed by atoms with Crippen LogP contribution in [0.15, 0.2) is 42.5 Å². The van der Waals surface area contributed by atoms with E-state index in [2.05, 4.69) is 17.0 Å². The maximum Gasteiger partial charge on any atom is 0.303 e. The molecule has 1 atom stereocenters.